The summed E-state index contributed by atoms with van der Waals surface area (Å²) in [5.74, 6) is 0.141. The Labute approximate surface area is 108 Å². The fourth-order valence-corrected chi connectivity index (χ4v) is 2.50. The van der Waals surface area contributed by atoms with Gasteiger partial charge >= 0.3 is 0 Å². The highest BCUT2D eigenvalue weighted by atomic mass is 35.5. The quantitative estimate of drug-likeness (QED) is 0.631. The Kier molecular flexibility index (Phi) is 2.68. The lowest BCUT2D eigenvalue weighted by Gasteiger charge is -2.12. The topological polar surface area (TPSA) is 89.8 Å². The molecule has 94 valence electrons. The van der Waals surface area contributed by atoms with Crippen LogP contribution in [0.25, 0.3) is 11.2 Å². The number of nitrogen functional groups attached to an aromatic ring is 1. The zero-order chi connectivity index (χ0) is 12.7. The highest BCUT2D eigenvalue weighted by molar-refractivity contribution is 6.33. The molecule has 0 fully saturated rings. The van der Waals surface area contributed by atoms with Crippen molar-refractivity contribution in [3.05, 3.63) is 23.1 Å². The molecular weight excluding hydrogens is 254 g/mol. The van der Waals surface area contributed by atoms with Gasteiger partial charge in [0.2, 0.25) is 5.95 Å². The molecule has 3 N–H and O–H groups in total. The van der Waals surface area contributed by atoms with E-state index >= 15 is 0 Å². The van der Waals surface area contributed by atoms with Crippen LogP contribution in [-0.2, 0) is 0 Å². The van der Waals surface area contributed by atoms with E-state index in [9.17, 15) is 0 Å². The van der Waals surface area contributed by atoms with Crippen molar-refractivity contribution in [1.29, 1.82) is 0 Å². The zero-order valence-electron chi connectivity index (χ0n) is 9.54. The number of aliphatic hydroxyl groups is 1. The molecule has 18 heavy (non-hydrogen) atoms. The van der Waals surface area contributed by atoms with Crippen molar-refractivity contribution in [1.82, 2.24) is 19.5 Å². The Bertz CT molecular complexity index is 636. The fourth-order valence-electron chi connectivity index (χ4n) is 2.28. The summed E-state index contributed by atoms with van der Waals surface area (Å²) >= 11 is 5.98. The molecule has 6 nitrogen and oxygen atoms in total. The Morgan fingerprint density at radius 3 is 3.06 bits per heavy atom. The fraction of sp³-hybridized carbons (Fsp3) is 0.364. The van der Waals surface area contributed by atoms with Gasteiger partial charge < -0.3 is 15.4 Å². The first-order valence-corrected chi connectivity index (χ1v) is 6.01. The molecular formula is C11H12ClN5O. The second-order valence-corrected chi connectivity index (χ2v) is 4.67. The largest absolute Gasteiger partial charge is 0.392 e. The second-order valence-electron chi connectivity index (χ2n) is 4.31. The van der Waals surface area contributed by atoms with Crippen molar-refractivity contribution in [3.63, 3.8) is 0 Å². The number of nitrogens with zero attached hydrogens (tertiary/aromatic N) is 4. The van der Waals surface area contributed by atoms with Crippen LogP contribution in [-0.4, -0.2) is 31.2 Å². The van der Waals surface area contributed by atoms with Crippen LogP contribution in [0, 0.1) is 0 Å². The highest BCUT2D eigenvalue weighted by Crippen LogP contribution is 2.32. The minimum atomic E-state index is 0.0982. The maximum atomic E-state index is 9.12. The Balaban J connectivity index is 2.04. The molecule has 0 aromatic carbocycles. The summed E-state index contributed by atoms with van der Waals surface area (Å²) in [6.45, 7) is 0.0982. The summed E-state index contributed by atoms with van der Waals surface area (Å²) in [6.07, 6.45) is 5.39. The molecule has 0 bridgehead atoms. The van der Waals surface area contributed by atoms with E-state index < -0.39 is 0 Å². The van der Waals surface area contributed by atoms with Gasteiger partial charge in [-0.3, -0.25) is 0 Å². The van der Waals surface area contributed by atoms with Crippen LogP contribution in [0.5, 0.6) is 0 Å². The number of allylic oxidation sites excluding steroid dienone is 1. The standard InChI is InChI=1S/C11H12ClN5O/c12-9-8-10(16-11(13)15-9)17(5-14-8)7-2-1-6(3-7)4-18/h1,5,7,18H,2-4H2,(H2,13,15,16). The van der Waals surface area contributed by atoms with Crippen molar-refractivity contribution >= 4 is 28.7 Å². The molecule has 2 heterocycles. The van der Waals surface area contributed by atoms with Gasteiger partial charge in [-0.15, -0.1) is 0 Å². The van der Waals surface area contributed by atoms with Crippen LogP contribution >= 0.6 is 11.6 Å². The number of rotatable bonds is 2. The molecule has 1 atom stereocenters. The first-order chi connectivity index (χ1) is 8.69. The van der Waals surface area contributed by atoms with E-state index in [-0.39, 0.29) is 23.8 Å². The third kappa shape index (κ3) is 1.74. The lowest BCUT2D eigenvalue weighted by molar-refractivity contribution is 0.325. The van der Waals surface area contributed by atoms with Crippen LogP contribution < -0.4 is 5.73 Å². The predicted molar refractivity (Wildman–Crippen MR) is 68.2 cm³/mol. The molecule has 0 aliphatic heterocycles. The number of anilines is 1. The number of imidazole rings is 1. The van der Waals surface area contributed by atoms with Crippen molar-refractivity contribution in [2.45, 2.75) is 18.9 Å². The molecule has 2 aromatic heterocycles. The van der Waals surface area contributed by atoms with Crippen LogP contribution in [0.15, 0.2) is 18.0 Å². The third-order valence-corrected chi connectivity index (χ3v) is 3.43. The van der Waals surface area contributed by atoms with Crippen LogP contribution in [0.3, 0.4) is 0 Å². The Morgan fingerprint density at radius 1 is 1.50 bits per heavy atom. The molecule has 2 aromatic rings. The van der Waals surface area contributed by atoms with Gasteiger partial charge in [0.15, 0.2) is 10.8 Å². The summed E-state index contributed by atoms with van der Waals surface area (Å²) < 4.78 is 1.94. The number of aromatic nitrogens is 4. The molecule has 0 radical (unpaired) electrons. The summed E-state index contributed by atoms with van der Waals surface area (Å²) in [5, 5.41) is 9.39. The molecule has 3 rings (SSSR count). The van der Waals surface area contributed by atoms with E-state index in [0.717, 1.165) is 18.4 Å². The average molecular weight is 266 g/mol. The van der Waals surface area contributed by atoms with Crippen LogP contribution in [0.1, 0.15) is 18.9 Å². The Hall–Kier alpha value is -1.66. The summed E-state index contributed by atoms with van der Waals surface area (Å²) in [5.41, 5.74) is 7.84. The predicted octanol–water partition coefficient (Wildman–Crippen LogP) is 1.32. The SMILES string of the molecule is Nc1nc(Cl)c2ncn(C3CC=C(CO)C3)c2n1. The molecule has 1 aliphatic rings. The van der Waals surface area contributed by atoms with Gasteiger partial charge in [-0.2, -0.15) is 9.97 Å². The highest BCUT2D eigenvalue weighted by Gasteiger charge is 2.21. The number of hydrogen-bond acceptors (Lipinski definition) is 5. The Morgan fingerprint density at radius 2 is 2.33 bits per heavy atom. The number of halogens is 1. The van der Waals surface area contributed by atoms with Gasteiger partial charge in [-0.1, -0.05) is 17.7 Å². The summed E-state index contributed by atoms with van der Waals surface area (Å²) in [4.78, 5) is 12.3. The van der Waals surface area contributed by atoms with Gasteiger partial charge in [0.05, 0.1) is 12.9 Å². The molecule has 0 saturated carbocycles. The number of aliphatic hydroxyl groups excluding tert-OH is 1. The van der Waals surface area contributed by atoms with Crippen LogP contribution in [0.4, 0.5) is 5.95 Å². The van der Waals surface area contributed by atoms with E-state index in [2.05, 4.69) is 15.0 Å². The van der Waals surface area contributed by atoms with Gasteiger partial charge in [-0.25, -0.2) is 4.98 Å². The summed E-state index contributed by atoms with van der Waals surface area (Å²) in [6, 6.07) is 0.211. The van der Waals surface area contributed by atoms with Crippen molar-refractivity contribution in [3.8, 4) is 0 Å². The number of nitrogens with two attached hydrogens (primary N) is 1. The van der Waals surface area contributed by atoms with E-state index in [4.69, 9.17) is 22.4 Å². The second kappa shape index (κ2) is 4.22. The number of hydrogen-bond donors (Lipinski definition) is 2. The lowest BCUT2D eigenvalue weighted by Crippen LogP contribution is -2.07. The molecule has 0 spiro atoms. The van der Waals surface area contributed by atoms with E-state index in [1.54, 1.807) is 6.33 Å². The van der Waals surface area contributed by atoms with E-state index in [1.807, 2.05) is 10.6 Å². The van der Waals surface area contributed by atoms with E-state index in [0.29, 0.717) is 11.2 Å². The minimum Gasteiger partial charge on any atom is -0.392 e. The maximum Gasteiger partial charge on any atom is 0.223 e. The smallest absolute Gasteiger partial charge is 0.223 e. The summed E-state index contributed by atoms with van der Waals surface area (Å²) in [7, 11) is 0. The number of fused-ring (bicyclic) bond motifs is 1. The molecule has 0 amide bonds. The monoisotopic (exact) mass is 265 g/mol. The molecule has 1 aliphatic carbocycles. The van der Waals surface area contributed by atoms with Crippen molar-refractivity contribution in [2.75, 3.05) is 12.3 Å². The first-order valence-electron chi connectivity index (χ1n) is 5.63. The van der Waals surface area contributed by atoms with E-state index in [1.165, 1.54) is 0 Å². The first kappa shape index (κ1) is 11.4. The van der Waals surface area contributed by atoms with Gasteiger partial charge in [0, 0.05) is 6.04 Å². The van der Waals surface area contributed by atoms with Gasteiger partial charge in [0.1, 0.15) is 5.52 Å². The molecule has 1 unspecified atom stereocenters. The maximum absolute atomic E-state index is 9.12. The van der Waals surface area contributed by atoms with Gasteiger partial charge in [0.25, 0.3) is 0 Å². The average Bonchev–Trinajstić information content (AvgIpc) is 2.93. The van der Waals surface area contributed by atoms with Gasteiger partial charge in [-0.05, 0) is 18.4 Å². The third-order valence-electron chi connectivity index (χ3n) is 3.17. The molecule has 7 heteroatoms. The van der Waals surface area contributed by atoms with Crippen molar-refractivity contribution < 1.29 is 5.11 Å². The minimum absolute atomic E-state index is 0.0982. The van der Waals surface area contributed by atoms with Crippen LogP contribution in [0.2, 0.25) is 5.15 Å². The zero-order valence-corrected chi connectivity index (χ0v) is 10.3. The van der Waals surface area contributed by atoms with Crippen molar-refractivity contribution in [2.24, 2.45) is 0 Å². The lowest BCUT2D eigenvalue weighted by atomic mass is 10.2. The molecule has 0 saturated heterocycles. The normalized spacial score (nSPS) is 19.4.